The van der Waals surface area contributed by atoms with Gasteiger partial charge in [0.1, 0.15) is 24.4 Å². The first-order valence-corrected chi connectivity index (χ1v) is 9.37. The lowest BCUT2D eigenvalue weighted by Crippen LogP contribution is -2.55. The zero-order valence-electron chi connectivity index (χ0n) is 15.7. The second-order valence-electron chi connectivity index (χ2n) is 6.96. The smallest absolute Gasteiger partial charge is 0.151 e. The number of hydrogen-bond acceptors (Lipinski definition) is 5. The van der Waals surface area contributed by atoms with Crippen LogP contribution in [0.4, 0.5) is 0 Å². The van der Waals surface area contributed by atoms with Crippen LogP contribution in [-0.4, -0.2) is 51.1 Å². The summed E-state index contributed by atoms with van der Waals surface area (Å²) in [7, 11) is 0. The van der Waals surface area contributed by atoms with Crippen LogP contribution in [0.1, 0.15) is 16.7 Å². The first-order chi connectivity index (χ1) is 14.0. The van der Waals surface area contributed by atoms with Crippen LogP contribution in [0.2, 0.25) is 0 Å². The predicted octanol–water partition coefficient (Wildman–Crippen LogP) is 1.66. The highest BCUT2D eigenvalue weighted by molar-refractivity contribution is 5.57. The van der Waals surface area contributed by atoms with Gasteiger partial charge in [0.15, 0.2) is 6.29 Å². The number of benzene rings is 3. The molecule has 5 heteroatoms. The third kappa shape index (κ3) is 3.86. The molecule has 29 heavy (non-hydrogen) atoms. The average Bonchev–Trinajstić information content (AvgIpc) is 2.80. The Morgan fingerprint density at radius 1 is 0.586 bits per heavy atom. The van der Waals surface area contributed by atoms with Crippen molar-refractivity contribution in [3.05, 3.63) is 108 Å². The minimum Gasteiger partial charge on any atom is -0.389 e. The largest absolute Gasteiger partial charge is 0.389 e. The third-order valence-corrected chi connectivity index (χ3v) is 5.29. The van der Waals surface area contributed by atoms with Gasteiger partial charge in [0.2, 0.25) is 0 Å². The molecule has 1 unspecified atom stereocenters. The Kier molecular flexibility index (Phi) is 6.56. The van der Waals surface area contributed by atoms with Crippen molar-refractivity contribution in [2.24, 2.45) is 0 Å². The molecule has 0 spiro atoms. The third-order valence-electron chi connectivity index (χ3n) is 5.29. The van der Waals surface area contributed by atoms with Crippen LogP contribution in [-0.2, 0) is 10.2 Å². The molecule has 0 heterocycles. The Morgan fingerprint density at radius 2 is 0.931 bits per heavy atom. The molecule has 0 saturated heterocycles. The second-order valence-corrected chi connectivity index (χ2v) is 6.96. The molecule has 3 aromatic carbocycles. The highest BCUT2D eigenvalue weighted by Gasteiger charge is 2.48. The SMILES string of the molecule is O=C[C@@H](O)[C@H](O)[C@H](O)C(O)C(c1ccccc1)(c1ccccc1)c1ccccc1. The van der Waals surface area contributed by atoms with Gasteiger partial charge in [0.05, 0.1) is 5.41 Å². The van der Waals surface area contributed by atoms with Crippen molar-refractivity contribution in [3.63, 3.8) is 0 Å². The van der Waals surface area contributed by atoms with Gasteiger partial charge in [-0.25, -0.2) is 0 Å². The molecule has 0 bridgehead atoms. The Hall–Kier alpha value is -2.83. The van der Waals surface area contributed by atoms with Crippen molar-refractivity contribution in [2.75, 3.05) is 0 Å². The van der Waals surface area contributed by atoms with E-state index in [4.69, 9.17) is 0 Å². The highest BCUT2D eigenvalue weighted by atomic mass is 16.4. The zero-order valence-corrected chi connectivity index (χ0v) is 15.7. The molecule has 4 atom stereocenters. The molecular formula is C24H24O5. The van der Waals surface area contributed by atoms with E-state index in [0.717, 1.165) is 0 Å². The maximum absolute atomic E-state index is 11.5. The maximum Gasteiger partial charge on any atom is 0.151 e. The van der Waals surface area contributed by atoms with Crippen LogP contribution >= 0.6 is 0 Å². The van der Waals surface area contributed by atoms with Crippen LogP contribution in [0.5, 0.6) is 0 Å². The van der Waals surface area contributed by atoms with Crippen LogP contribution in [0.15, 0.2) is 91.0 Å². The molecule has 4 N–H and O–H groups in total. The number of rotatable bonds is 8. The minimum atomic E-state index is -1.85. The number of aliphatic hydroxyl groups excluding tert-OH is 4. The fraction of sp³-hybridized carbons (Fsp3) is 0.208. The normalized spacial score (nSPS) is 15.9. The van der Waals surface area contributed by atoms with Crippen molar-refractivity contribution in [1.82, 2.24) is 0 Å². The molecule has 3 aromatic rings. The van der Waals surface area contributed by atoms with Gasteiger partial charge < -0.3 is 25.2 Å². The predicted molar refractivity (Wildman–Crippen MR) is 109 cm³/mol. The van der Waals surface area contributed by atoms with Gasteiger partial charge in [0.25, 0.3) is 0 Å². The van der Waals surface area contributed by atoms with Crippen molar-refractivity contribution in [1.29, 1.82) is 0 Å². The minimum absolute atomic E-state index is 0.135. The van der Waals surface area contributed by atoms with Gasteiger partial charge in [-0.2, -0.15) is 0 Å². The lowest BCUT2D eigenvalue weighted by Gasteiger charge is -2.43. The number of carbonyl (C=O) groups excluding carboxylic acids is 1. The van der Waals surface area contributed by atoms with Crippen molar-refractivity contribution < 1.29 is 25.2 Å². The molecule has 0 aliphatic rings. The lowest BCUT2D eigenvalue weighted by atomic mass is 9.64. The average molecular weight is 392 g/mol. The summed E-state index contributed by atoms with van der Waals surface area (Å²) in [6.07, 6.45) is -6.90. The first kappa shape index (κ1) is 20.9. The van der Waals surface area contributed by atoms with E-state index in [1.54, 1.807) is 0 Å². The molecule has 0 aliphatic heterocycles. The van der Waals surface area contributed by atoms with Crippen LogP contribution < -0.4 is 0 Å². The fourth-order valence-corrected chi connectivity index (χ4v) is 3.84. The van der Waals surface area contributed by atoms with Gasteiger partial charge in [0, 0.05) is 0 Å². The van der Waals surface area contributed by atoms with E-state index in [9.17, 15) is 25.2 Å². The first-order valence-electron chi connectivity index (χ1n) is 9.37. The Balaban J connectivity index is 2.29. The number of carbonyl (C=O) groups is 1. The zero-order chi connectivity index (χ0) is 20.9. The van der Waals surface area contributed by atoms with Crippen LogP contribution in [0.25, 0.3) is 0 Å². The molecule has 0 aromatic heterocycles. The molecule has 150 valence electrons. The fourth-order valence-electron chi connectivity index (χ4n) is 3.84. The molecule has 5 nitrogen and oxygen atoms in total. The molecule has 0 radical (unpaired) electrons. The highest BCUT2D eigenvalue weighted by Crippen LogP contribution is 2.43. The molecular weight excluding hydrogens is 368 g/mol. The van der Waals surface area contributed by atoms with E-state index in [-0.39, 0.29) is 6.29 Å². The van der Waals surface area contributed by atoms with Crippen molar-refractivity contribution >= 4 is 6.29 Å². The summed E-state index contributed by atoms with van der Waals surface area (Å²) in [4.78, 5) is 10.9. The number of aldehydes is 1. The summed E-state index contributed by atoms with van der Waals surface area (Å²) in [5, 5.41) is 42.3. The van der Waals surface area contributed by atoms with E-state index in [1.165, 1.54) is 0 Å². The van der Waals surface area contributed by atoms with E-state index in [1.807, 2.05) is 91.0 Å². The molecule has 0 fully saturated rings. The van der Waals surface area contributed by atoms with Gasteiger partial charge >= 0.3 is 0 Å². The van der Waals surface area contributed by atoms with Crippen molar-refractivity contribution in [2.45, 2.75) is 29.8 Å². The van der Waals surface area contributed by atoms with E-state index in [0.29, 0.717) is 16.7 Å². The standard InChI is InChI=1S/C24H24O5/c25-16-20(26)21(27)22(28)23(29)24(17-10-4-1-5-11-17,18-12-6-2-7-13-18)19-14-8-3-9-15-19/h1-16,20-23,26-29H/t20-,21+,22+,23?/m1/s1. The van der Waals surface area contributed by atoms with Crippen molar-refractivity contribution in [3.8, 4) is 0 Å². The van der Waals surface area contributed by atoms with E-state index < -0.39 is 29.8 Å². The lowest BCUT2D eigenvalue weighted by molar-refractivity contribution is -0.136. The summed E-state index contributed by atoms with van der Waals surface area (Å²) in [5.41, 5.74) is 0.817. The van der Waals surface area contributed by atoms with Crippen LogP contribution in [0.3, 0.4) is 0 Å². The van der Waals surface area contributed by atoms with E-state index >= 15 is 0 Å². The van der Waals surface area contributed by atoms with Gasteiger partial charge in [-0.3, -0.25) is 0 Å². The Labute approximate surface area is 169 Å². The second kappa shape index (κ2) is 9.11. The summed E-state index contributed by atoms with van der Waals surface area (Å²) >= 11 is 0. The Bertz CT molecular complexity index is 802. The number of aliphatic hydroxyl groups is 4. The topological polar surface area (TPSA) is 98.0 Å². The molecule has 3 rings (SSSR count). The monoisotopic (exact) mass is 392 g/mol. The summed E-state index contributed by atoms with van der Waals surface area (Å²) < 4.78 is 0. The summed E-state index contributed by atoms with van der Waals surface area (Å²) in [6.45, 7) is 0. The summed E-state index contributed by atoms with van der Waals surface area (Å²) in [6, 6.07) is 27.5. The Morgan fingerprint density at radius 3 is 1.24 bits per heavy atom. The van der Waals surface area contributed by atoms with Gasteiger partial charge in [-0.1, -0.05) is 91.0 Å². The quantitative estimate of drug-likeness (QED) is 0.345. The maximum atomic E-state index is 11.5. The van der Waals surface area contributed by atoms with Gasteiger partial charge in [-0.05, 0) is 16.7 Å². The summed E-state index contributed by atoms with van der Waals surface area (Å²) in [5.74, 6) is 0. The van der Waals surface area contributed by atoms with Gasteiger partial charge in [-0.15, -0.1) is 0 Å². The van der Waals surface area contributed by atoms with E-state index in [2.05, 4.69) is 0 Å². The number of hydrogen-bond donors (Lipinski definition) is 4. The van der Waals surface area contributed by atoms with Crippen LogP contribution in [0, 0.1) is 0 Å². The molecule has 0 aliphatic carbocycles. The molecule has 0 saturated carbocycles. The molecule has 0 amide bonds.